The molecule has 0 atom stereocenters. The molecule has 3 N–H and O–H groups in total. The van der Waals surface area contributed by atoms with Crippen LogP contribution in [0.4, 0.5) is 11.6 Å². The van der Waals surface area contributed by atoms with E-state index < -0.39 is 0 Å². The van der Waals surface area contributed by atoms with E-state index in [9.17, 15) is 0 Å². The topological polar surface area (TPSA) is 63.8 Å². The van der Waals surface area contributed by atoms with E-state index in [1.54, 1.807) is 12.4 Å². The number of nitrogens with zero attached hydrogens (tertiary/aromatic N) is 2. The molecule has 0 saturated carbocycles. The molecule has 0 amide bonds. The molecule has 0 saturated heterocycles. The summed E-state index contributed by atoms with van der Waals surface area (Å²) in [6.07, 6.45) is 4.22. The zero-order chi connectivity index (χ0) is 9.90. The molecule has 0 unspecified atom stereocenters. The predicted molar refractivity (Wildman–Crippen MR) is 54.4 cm³/mol. The minimum absolute atomic E-state index is 0.0464. The molecule has 72 valence electrons. The third-order valence-corrected chi connectivity index (χ3v) is 2.02. The van der Waals surface area contributed by atoms with E-state index in [0.29, 0.717) is 5.82 Å². The number of hydrogen-bond donors (Lipinski definition) is 2. The lowest BCUT2D eigenvalue weighted by molar-refractivity contribution is 0.544. The van der Waals surface area contributed by atoms with Crippen molar-refractivity contribution < 1.29 is 0 Å². The molecule has 0 aromatic carbocycles. The van der Waals surface area contributed by atoms with Crippen molar-refractivity contribution in [2.75, 3.05) is 11.1 Å². The van der Waals surface area contributed by atoms with Crippen LogP contribution < -0.4 is 11.1 Å². The monoisotopic (exact) mass is 180 g/mol. The normalized spacial score (nSPS) is 11.3. The molecule has 4 heteroatoms. The van der Waals surface area contributed by atoms with Crippen LogP contribution in [0.3, 0.4) is 0 Å². The van der Waals surface area contributed by atoms with E-state index in [1.807, 2.05) is 0 Å². The third-order valence-electron chi connectivity index (χ3n) is 2.02. The van der Waals surface area contributed by atoms with Crippen molar-refractivity contribution in [2.45, 2.75) is 32.7 Å². The molecule has 0 bridgehead atoms. The Morgan fingerprint density at radius 1 is 1.38 bits per heavy atom. The summed E-state index contributed by atoms with van der Waals surface area (Å²) in [6, 6.07) is 0. The average Bonchev–Trinajstić information content (AvgIpc) is 2.09. The number of nitrogens with one attached hydrogen (secondary N) is 1. The molecule has 1 aromatic heterocycles. The smallest absolute Gasteiger partial charge is 0.145 e. The van der Waals surface area contributed by atoms with Gasteiger partial charge in [-0.1, -0.05) is 6.92 Å². The molecule has 0 radical (unpaired) electrons. The van der Waals surface area contributed by atoms with Crippen molar-refractivity contribution in [2.24, 2.45) is 0 Å². The lowest BCUT2D eigenvalue weighted by Crippen LogP contribution is -2.30. The molecule has 13 heavy (non-hydrogen) atoms. The lowest BCUT2D eigenvalue weighted by Gasteiger charge is -2.24. The highest BCUT2D eigenvalue weighted by molar-refractivity contribution is 5.38. The van der Waals surface area contributed by atoms with E-state index in [2.05, 4.69) is 36.1 Å². The molecule has 0 fully saturated rings. The molecule has 1 heterocycles. The standard InChI is InChI=1S/C9H16N4/c1-4-9(2,3)13-8-6-11-7(10)5-12-8/h5-6H,4H2,1-3H3,(H2,10,11)(H,12,13). The average molecular weight is 180 g/mol. The van der Waals surface area contributed by atoms with Crippen LogP contribution in [0.1, 0.15) is 27.2 Å². The summed E-state index contributed by atoms with van der Waals surface area (Å²) in [5.41, 5.74) is 5.47. The van der Waals surface area contributed by atoms with Gasteiger partial charge < -0.3 is 11.1 Å². The minimum atomic E-state index is 0.0464. The Morgan fingerprint density at radius 3 is 2.54 bits per heavy atom. The van der Waals surface area contributed by atoms with Gasteiger partial charge in [0, 0.05) is 5.54 Å². The number of aromatic nitrogens is 2. The predicted octanol–water partition coefficient (Wildman–Crippen LogP) is 1.66. The van der Waals surface area contributed by atoms with Crippen LogP contribution in [0.15, 0.2) is 12.4 Å². The first kappa shape index (κ1) is 9.77. The molecule has 1 rings (SSSR count). The van der Waals surface area contributed by atoms with Crippen molar-refractivity contribution in [1.82, 2.24) is 9.97 Å². The molecule has 0 aliphatic carbocycles. The highest BCUT2D eigenvalue weighted by Gasteiger charge is 2.14. The third kappa shape index (κ3) is 2.89. The molecular weight excluding hydrogens is 164 g/mol. The molecular formula is C9H16N4. The maximum absolute atomic E-state index is 5.42. The maximum atomic E-state index is 5.42. The van der Waals surface area contributed by atoms with Crippen molar-refractivity contribution in [3.8, 4) is 0 Å². The highest BCUT2D eigenvalue weighted by Crippen LogP contribution is 2.14. The second-order valence-electron chi connectivity index (χ2n) is 3.69. The SMILES string of the molecule is CCC(C)(C)Nc1cnc(N)cn1. The van der Waals surface area contributed by atoms with Gasteiger partial charge in [0.15, 0.2) is 0 Å². The van der Waals surface area contributed by atoms with Crippen LogP contribution in [-0.2, 0) is 0 Å². The molecule has 1 aromatic rings. The van der Waals surface area contributed by atoms with Crippen molar-refractivity contribution >= 4 is 11.6 Å². The fourth-order valence-corrected chi connectivity index (χ4v) is 0.838. The van der Waals surface area contributed by atoms with E-state index in [-0.39, 0.29) is 5.54 Å². The van der Waals surface area contributed by atoms with Crippen LogP contribution >= 0.6 is 0 Å². The molecule has 0 spiro atoms. The Kier molecular flexibility index (Phi) is 2.70. The van der Waals surface area contributed by atoms with Crippen molar-refractivity contribution in [1.29, 1.82) is 0 Å². The van der Waals surface area contributed by atoms with Gasteiger partial charge in [-0.05, 0) is 20.3 Å². The first-order chi connectivity index (χ1) is 6.03. The fraction of sp³-hybridized carbons (Fsp3) is 0.556. The number of hydrogen-bond acceptors (Lipinski definition) is 4. The van der Waals surface area contributed by atoms with Gasteiger partial charge >= 0.3 is 0 Å². The summed E-state index contributed by atoms with van der Waals surface area (Å²) in [7, 11) is 0. The summed E-state index contributed by atoms with van der Waals surface area (Å²) >= 11 is 0. The second kappa shape index (κ2) is 3.60. The minimum Gasteiger partial charge on any atom is -0.382 e. The number of anilines is 2. The van der Waals surface area contributed by atoms with E-state index >= 15 is 0 Å². The van der Waals surface area contributed by atoms with Crippen LogP contribution in [0.5, 0.6) is 0 Å². The summed E-state index contributed by atoms with van der Waals surface area (Å²) in [5, 5.41) is 3.27. The van der Waals surface area contributed by atoms with Crippen LogP contribution in [0.2, 0.25) is 0 Å². The molecule has 0 aliphatic heterocycles. The Bertz CT molecular complexity index is 265. The Labute approximate surface area is 78.6 Å². The van der Waals surface area contributed by atoms with Gasteiger partial charge in [-0.3, -0.25) is 0 Å². The number of nitrogen functional groups attached to an aromatic ring is 1. The zero-order valence-corrected chi connectivity index (χ0v) is 8.33. The van der Waals surface area contributed by atoms with E-state index in [1.165, 1.54) is 0 Å². The van der Waals surface area contributed by atoms with Gasteiger partial charge in [0.1, 0.15) is 11.6 Å². The highest BCUT2D eigenvalue weighted by atomic mass is 15.1. The number of nitrogens with two attached hydrogens (primary N) is 1. The van der Waals surface area contributed by atoms with Gasteiger partial charge in [0.25, 0.3) is 0 Å². The van der Waals surface area contributed by atoms with Crippen LogP contribution in [0, 0.1) is 0 Å². The Balaban J connectivity index is 2.69. The first-order valence-corrected chi connectivity index (χ1v) is 4.39. The largest absolute Gasteiger partial charge is 0.382 e. The Morgan fingerprint density at radius 2 is 2.08 bits per heavy atom. The molecule has 0 aliphatic rings. The van der Waals surface area contributed by atoms with Gasteiger partial charge in [0.05, 0.1) is 12.4 Å². The summed E-state index contributed by atoms with van der Waals surface area (Å²) < 4.78 is 0. The maximum Gasteiger partial charge on any atom is 0.145 e. The van der Waals surface area contributed by atoms with Crippen LogP contribution in [0.25, 0.3) is 0 Å². The first-order valence-electron chi connectivity index (χ1n) is 4.39. The summed E-state index contributed by atoms with van der Waals surface area (Å²) in [6.45, 7) is 6.35. The van der Waals surface area contributed by atoms with Gasteiger partial charge in [-0.25, -0.2) is 9.97 Å². The van der Waals surface area contributed by atoms with Gasteiger partial charge in [-0.15, -0.1) is 0 Å². The zero-order valence-electron chi connectivity index (χ0n) is 8.33. The van der Waals surface area contributed by atoms with Crippen molar-refractivity contribution in [3.63, 3.8) is 0 Å². The summed E-state index contributed by atoms with van der Waals surface area (Å²) in [4.78, 5) is 8.06. The van der Waals surface area contributed by atoms with Crippen molar-refractivity contribution in [3.05, 3.63) is 12.4 Å². The quantitative estimate of drug-likeness (QED) is 0.742. The second-order valence-corrected chi connectivity index (χ2v) is 3.69. The summed E-state index contributed by atoms with van der Waals surface area (Å²) in [5.74, 6) is 1.21. The van der Waals surface area contributed by atoms with Gasteiger partial charge in [-0.2, -0.15) is 0 Å². The Hall–Kier alpha value is -1.32. The number of rotatable bonds is 3. The molecule has 4 nitrogen and oxygen atoms in total. The fourth-order valence-electron chi connectivity index (χ4n) is 0.838. The van der Waals surface area contributed by atoms with Crippen LogP contribution in [-0.4, -0.2) is 15.5 Å². The van der Waals surface area contributed by atoms with Gasteiger partial charge in [0.2, 0.25) is 0 Å². The van der Waals surface area contributed by atoms with E-state index in [0.717, 1.165) is 12.2 Å². The lowest BCUT2D eigenvalue weighted by atomic mass is 10.0. The van der Waals surface area contributed by atoms with E-state index in [4.69, 9.17) is 5.73 Å².